The number of hydrogen-bond donors (Lipinski definition) is 2. The minimum Gasteiger partial charge on any atom is -0.365 e. The van der Waals surface area contributed by atoms with E-state index in [4.69, 9.17) is 4.98 Å². The molecule has 5 heteroatoms. The fraction of sp³-hybridized carbons (Fsp3) is 0.389. The van der Waals surface area contributed by atoms with Crippen molar-refractivity contribution in [2.45, 2.75) is 44.6 Å². The summed E-state index contributed by atoms with van der Waals surface area (Å²) in [6.45, 7) is 0. The van der Waals surface area contributed by atoms with Crippen molar-refractivity contribution in [2.75, 3.05) is 5.32 Å². The maximum absolute atomic E-state index is 4.77. The number of hydrogen-bond acceptors (Lipinski definition) is 4. The van der Waals surface area contributed by atoms with Gasteiger partial charge < -0.3 is 10.3 Å². The van der Waals surface area contributed by atoms with Gasteiger partial charge in [-0.1, -0.05) is 49.6 Å². The second-order valence-electron chi connectivity index (χ2n) is 6.23. The van der Waals surface area contributed by atoms with Crippen molar-refractivity contribution in [2.24, 2.45) is 0 Å². The average molecular weight is 307 g/mol. The molecule has 0 saturated heterocycles. The van der Waals surface area contributed by atoms with E-state index in [-0.39, 0.29) is 0 Å². The zero-order chi connectivity index (χ0) is 15.5. The zero-order valence-corrected chi connectivity index (χ0v) is 13.1. The molecule has 0 atom stereocenters. The van der Waals surface area contributed by atoms with Gasteiger partial charge in [-0.25, -0.2) is 15.0 Å². The van der Waals surface area contributed by atoms with Gasteiger partial charge >= 0.3 is 0 Å². The lowest BCUT2D eigenvalue weighted by Gasteiger charge is -2.23. The molecule has 0 amide bonds. The quantitative estimate of drug-likeness (QED) is 0.771. The summed E-state index contributed by atoms with van der Waals surface area (Å²) >= 11 is 0. The predicted octanol–water partition coefficient (Wildman–Crippen LogP) is 3.69. The summed E-state index contributed by atoms with van der Waals surface area (Å²) in [6.07, 6.45) is 8.79. The van der Waals surface area contributed by atoms with E-state index in [1.165, 1.54) is 37.7 Å². The summed E-state index contributed by atoms with van der Waals surface area (Å²) in [6, 6.07) is 10.8. The lowest BCUT2D eigenvalue weighted by Crippen LogP contribution is -2.23. The van der Waals surface area contributed by atoms with Crippen LogP contribution in [0.15, 0.2) is 36.7 Å². The Hall–Kier alpha value is -2.43. The van der Waals surface area contributed by atoms with Gasteiger partial charge in [0.05, 0.1) is 6.33 Å². The molecule has 1 aliphatic carbocycles. The number of nitrogens with zero attached hydrogens (tertiary/aromatic N) is 3. The molecule has 2 N–H and O–H groups in total. The van der Waals surface area contributed by atoms with Gasteiger partial charge in [-0.15, -0.1) is 0 Å². The third-order valence-corrected chi connectivity index (χ3v) is 4.48. The molecule has 1 aromatic carbocycles. The van der Waals surface area contributed by atoms with Crippen LogP contribution in [0.25, 0.3) is 11.2 Å². The van der Waals surface area contributed by atoms with Crippen LogP contribution in [0.5, 0.6) is 0 Å². The van der Waals surface area contributed by atoms with Gasteiger partial charge in [0, 0.05) is 12.5 Å². The van der Waals surface area contributed by atoms with E-state index >= 15 is 0 Å². The van der Waals surface area contributed by atoms with Gasteiger partial charge in [0.25, 0.3) is 0 Å². The molecule has 1 saturated carbocycles. The largest absolute Gasteiger partial charge is 0.365 e. The van der Waals surface area contributed by atoms with Crippen LogP contribution in [0.3, 0.4) is 0 Å². The van der Waals surface area contributed by atoms with Crippen molar-refractivity contribution >= 4 is 17.0 Å². The third-order valence-electron chi connectivity index (χ3n) is 4.48. The van der Waals surface area contributed by atoms with Crippen molar-refractivity contribution in [1.82, 2.24) is 19.9 Å². The highest BCUT2D eigenvalue weighted by Gasteiger charge is 2.17. The van der Waals surface area contributed by atoms with E-state index in [9.17, 15) is 0 Å². The molecule has 2 heterocycles. The van der Waals surface area contributed by atoms with Crippen molar-refractivity contribution in [3.63, 3.8) is 0 Å². The summed E-state index contributed by atoms with van der Waals surface area (Å²) in [7, 11) is 0. The highest BCUT2D eigenvalue weighted by molar-refractivity contribution is 5.82. The molecule has 4 rings (SSSR count). The lowest BCUT2D eigenvalue weighted by atomic mass is 9.95. The van der Waals surface area contributed by atoms with Crippen LogP contribution in [0.4, 0.5) is 5.82 Å². The molecular weight excluding hydrogens is 286 g/mol. The van der Waals surface area contributed by atoms with Crippen molar-refractivity contribution in [3.05, 3.63) is 48.0 Å². The van der Waals surface area contributed by atoms with Crippen LogP contribution in [0, 0.1) is 0 Å². The maximum atomic E-state index is 4.77. The Morgan fingerprint density at radius 1 is 1.04 bits per heavy atom. The molecule has 0 unspecified atom stereocenters. The van der Waals surface area contributed by atoms with Crippen molar-refractivity contribution in [3.8, 4) is 0 Å². The minimum atomic E-state index is 0.509. The van der Waals surface area contributed by atoms with Crippen LogP contribution in [0.1, 0.15) is 43.5 Å². The zero-order valence-electron chi connectivity index (χ0n) is 13.1. The smallest absolute Gasteiger partial charge is 0.183 e. The first-order valence-electron chi connectivity index (χ1n) is 8.39. The Morgan fingerprint density at radius 3 is 2.70 bits per heavy atom. The Bertz CT molecular complexity index is 774. The van der Waals surface area contributed by atoms with Crippen LogP contribution >= 0.6 is 0 Å². The van der Waals surface area contributed by atoms with Crippen LogP contribution in [0.2, 0.25) is 0 Å². The molecule has 23 heavy (non-hydrogen) atoms. The normalized spacial score (nSPS) is 15.8. The fourth-order valence-electron chi connectivity index (χ4n) is 3.28. The van der Waals surface area contributed by atoms with Gasteiger partial charge in [-0.05, 0) is 18.4 Å². The Labute approximate surface area is 135 Å². The number of aromatic nitrogens is 4. The lowest BCUT2D eigenvalue weighted by molar-refractivity contribution is 0.462. The molecular formula is C18H21N5. The second-order valence-corrected chi connectivity index (χ2v) is 6.23. The number of fused-ring (bicyclic) bond motifs is 1. The first-order chi connectivity index (χ1) is 11.4. The van der Waals surface area contributed by atoms with Gasteiger partial charge in [0.2, 0.25) is 0 Å². The molecule has 0 spiro atoms. The number of benzene rings is 1. The van der Waals surface area contributed by atoms with Crippen molar-refractivity contribution in [1.29, 1.82) is 0 Å². The Morgan fingerprint density at radius 2 is 1.87 bits per heavy atom. The van der Waals surface area contributed by atoms with E-state index in [0.29, 0.717) is 6.04 Å². The molecule has 0 aliphatic heterocycles. The number of H-pyrrole nitrogens is 1. The molecule has 3 aromatic rings. The number of rotatable bonds is 4. The molecule has 1 fully saturated rings. The predicted molar refractivity (Wildman–Crippen MR) is 91.4 cm³/mol. The van der Waals surface area contributed by atoms with Gasteiger partial charge in [0.15, 0.2) is 11.5 Å². The molecule has 118 valence electrons. The van der Waals surface area contributed by atoms with E-state index in [1.807, 2.05) is 18.2 Å². The fourth-order valence-corrected chi connectivity index (χ4v) is 3.28. The van der Waals surface area contributed by atoms with Crippen LogP contribution in [-0.4, -0.2) is 26.0 Å². The first kappa shape index (κ1) is 14.2. The minimum absolute atomic E-state index is 0.509. The van der Waals surface area contributed by atoms with Crippen LogP contribution in [-0.2, 0) is 6.42 Å². The summed E-state index contributed by atoms with van der Waals surface area (Å²) in [5.41, 5.74) is 2.86. The van der Waals surface area contributed by atoms with Gasteiger partial charge in [0.1, 0.15) is 11.3 Å². The van der Waals surface area contributed by atoms with E-state index in [0.717, 1.165) is 29.2 Å². The third kappa shape index (κ3) is 3.18. The Kier molecular flexibility index (Phi) is 3.92. The maximum Gasteiger partial charge on any atom is 0.183 e. The molecule has 1 aliphatic rings. The molecule has 2 aromatic heterocycles. The molecule has 0 radical (unpaired) electrons. The topological polar surface area (TPSA) is 66.5 Å². The highest BCUT2D eigenvalue weighted by Crippen LogP contribution is 2.24. The van der Waals surface area contributed by atoms with Gasteiger partial charge in [-0.2, -0.15) is 0 Å². The van der Waals surface area contributed by atoms with E-state index in [2.05, 4.69) is 32.4 Å². The summed E-state index contributed by atoms with van der Waals surface area (Å²) < 4.78 is 0. The number of imidazole rings is 1. The highest BCUT2D eigenvalue weighted by atomic mass is 15.1. The van der Waals surface area contributed by atoms with Crippen molar-refractivity contribution < 1.29 is 0 Å². The summed E-state index contributed by atoms with van der Waals surface area (Å²) in [5, 5.41) is 3.61. The average Bonchev–Trinajstić information content (AvgIpc) is 3.05. The summed E-state index contributed by atoms with van der Waals surface area (Å²) in [4.78, 5) is 16.9. The second kappa shape index (κ2) is 6.36. The molecule has 5 nitrogen and oxygen atoms in total. The molecule has 0 bridgehead atoms. The van der Waals surface area contributed by atoms with E-state index in [1.54, 1.807) is 6.33 Å². The number of nitrogens with one attached hydrogen (secondary N) is 2. The number of aromatic amines is 1. The number of anilines is 1. The first-order valence-corrected chi connectivity index (χ1v) is 8.39. The Balaban J connectivity index is 1.64. The SMILES string of the molecule is c1ccc(Cc2nc(NC3CCCCC3)c3[nH]cnc3n2)cc1. The van der Waals surface area contributed by atoms with Crippen LogP contribution < -0.4 is 5.32 Å². The monoisotopic (exact) mass is 307 g/mol. The van der Waals surface area contributed by atoms with Gasteiger partial charge in [-0.3, -0.25) is 0 Å². The summed E-state index contributed by atoms with van der Waals surface area (Å²) in [5.74, 6) is 1.71. The van der Waals surface area contributed by atoms with E-state index < -0.39 is 0 Å². The standard InChI is InChI=1S/C18H21N5/c1-3-7-13(8-4-1)11-15-22-17-16(19-12-20-17)18(23-15)21-14-9-5-2-6-10-14/h1,3-4,7-8,12,14H,2,5-6,9-11H2,(H2,19,20,21,22,23).